The van der Waals surface area contributed by atoms with Crippen molar-refractivity contribution in [1.29, 1.82) is 0 Å². The van der Waals surface area contributed by atoms with Gasteiger partial charge in [0, 0.05) is 26.6 Å². The van der Waals surface area contributed by atoms with Crippen LogP contribution in [-0.2, 0) is 38.0 Å². The van der Waals surface area contributed by atoms with E-state index in [1.807, 2.05) is 0 Å². The average Bonchev–Trinajstić information content (AvgIpc) is 3.19. The van der Waals surface area contributed by atoms with Crippen molar-refractivity contribution in [2.45, 2.75) is 130 Å². The Morgan fingerprint density at radius 1 is 0.772 bits per heavy atom. The number of anilines is 1. The lowest BCUT2D eigenvalue weighted by Crippen LogP contribution is -2.68. The highest BCUT2D eigenvalue weighted by atomic mass is 16.8. The number of aliphatic hydroxyl groups is 12. The number of nitrogens with one attached hydrogen (secondary N) is 3. The monoisotopic (exact) mass is 826 g/mol. The maximum atomic E-state index is 12.4. The molecular weight excluding hydrogens is 772 g/mol. The summed E-state index contributed by atoms with van der Waals surface area (Å²) in [5.74, 6) is -0.985. The maximum absolute atomic E-state index is 12.4. The van der Waals surface area contributed by atoms with Gasteiger partial charge in [0.1, 0.15) is 97.3 Å². The van der Waals surface area contributed by atoms with E-state index in [0.717, 1.165) is 6.92 Å². The zero-order valence-corrected chi connectivity index (χ0v) is 30.9. The molecule has 3 aliphatic heterocycles. The minimum absolute atomic E-state index is 0.174. The first-order chi connectivity index (χ1) is 27.0. The Bertz CT molecular complexity index is 1390. The number of aromatic nitrogens is 1. The molecule has 0 bridgehead atoms. The van der Waals surface area contributed by atoms with E-state index in [4.69, 9.17) is 28.4 Å². The van der Waals surface area contributed by atoms with Crippen molar-refractivity contribution in [2.24, 2.45) is 0 Å². The summed E-state index contributed by atoms with van der Waals surface area (Å²) >= 11 is 0. The fourth-order valence-electron chi connectivity index (χ4n) is 6.54. The van der Waals surface area contributed by atoms with Gasteiger partial charge in [-0.1, -0.05) is 6.07 Å². The highest BCUT2D eigenvalue weighted by Gasteiger charge is 2.53. The van der Waals surface area contributed by atoms with Crippen LogP contribution in [0.4, 0.5) is 5.82 Å². The third-order valence-electron chi connectivity index (χ3n) is 9.62. The average molecular weight is 827 g/mol. The normalized spacial score (nSPS) is 38.0. The quantitative estimate of drug-likeness (QED) is 0.0653. The molecule has 1 aromatic rings. The first-order valence-corrected chi connectivity index (χ1v) is 18.1. The third kappa shape index (κ3) is 11.7. The van der Waals surface area contributed by atoms with Gasteiger partial charge in [0.15, 0.2) is 18.9 Å². The molecular formula is C33H54N4O20. The molecule has 2 amide bonds. The summed E-state index contributed by atoms with van der Waals surface area (Å²) in [6, 6.07) is 2.10. The Hall–Kier alpha value is -2.83. The Morgan fingerprint density at radius 2 is 1.39 bits per heavy atom. The van der Waals surface area contributed by atoms with Gasteiger partial charge >= 0.3 is 0 Å². The van der Waals surface area contributed by atoms with Gasteiger partial charge in [0.2, 0.25) is 11.8 Å². The molecule has 326 valence electrons. The predicted molar refractivity (Wildman–Crippen MR) is 185 cm³/mol. The van der Waals surface area contributed by atoms with Gasteiger partial charge in [-0.3, -0.25) is 9.59 Å². The first kappa shape index (κ1) is 46.9. The Morgan fingerprint density at radius 3 is 1.96 bits per heavy atom. The van der Waals surface area contributed by atoms with Gasteiger partial charge in [-0.05, 0) is 12.1 Å². The van der Waals surface area contributed by atoms with Crippen LogP contribution in [0.3, 0.4) is 0 Å². The van der Waals surface area contributed by atoms with E-state index >= 15 is 0 Å². The molecule has 0 aromatic carbocycles. The van der Waals surface area contributed by atoms with Crippen molar-refractivity contribution >= 4 is 17.6 Å². The second-order valence-electron chi connectivity index (χ2n) is 13.8. The fourth-order valence-corrected chi connectivity index (χ4v) is 6.54. The minimum Gasteiger partial charge on any atom is -0.394 e. The van der Waals surface area contributed by atoms with Crippen LogP contribution in [0.5, 0.6) is 0 Å². The minimum atomic E-state index is -2.02. The number of pyridine rings is 1. The van der Waals surface area contributed by atoms with Gasteiger partial charge in [-0.15, -0.1) is 0 Å². The topological polar surface area (TPSA) is 381 Å². The van der Waals surface area contributed by atoms with E-state index in [1.54, 1.807) is 18.2 Å². The summed E-state index contributed by atoms with van der Waals surface area (Å²) in [4.78, 5) is 28.6. The molecule has 3 saturated heterocycles. The van der Waals surface area contributed by atoms with Crippen LogP contribution in [-0.4, -0.2) is 227 Å². The first-order valence-electron chi connectivity index (χ1n) is 18.1. The number of hydrogen-bond acceptors (Lipinski definition) is 22. The molecule has 0 saturated carbocycles. The molecule has 0 unspecified atom stereocenters. The maximum Gasteiger partial charge on any atom is 0.217 e. The van der Waals surface area contributed by atoms with Crippen molar-refractivity contribution in [1.82, 2.24) is 15.6 Å². The summed E-state index contributed by atoms with van der Waals surface area (Å²) in [5, 5.41) is 134. The van der Waals surface area contributed by atoms with E-state index in [2.05, 4.69) is 20.9 Å². The van der Waals surface area contributed by atoms with Crippen LogP contribution in [0.15, 0.2) is 24.4 Å². The lowest BCUT2D eigenvalue weighted by Gasteiger charge is -2.48. The Balaban J connectivity index is 1.52. The van der Waals surface area contributed by atoms with Gasteiger partial charge in [-0.2, -0.15) is 0 Å². The molecule has 3 aliphatic rings. The van der Waals surface area contributed by atoms with Crippen molar-refractivity contribution in [3.05, 3.63) is 24.4 Å². The second-order valence-corrected chi connectivity index (χ2v) is 13.8. The number of hydrogen-bond donors (Lipinski definition) is 15. The van der Waals surface area contributed by atoms with Crippen LogP contribution in [0.1, 0.15) is 13.8 Å². The summed E-state index contributed by atoms with van der Waals surface area (Å²) in [6.07, 6.45) is -28.7. The Labute approximate surface area is 325 Å². The van der Waals surface area contributed by atoms with E-state index in [-0.39, 0.29) is 6.54 Å². The molecule has 4 heterocycles. The summed E-state index contributed by atoms with van der Waals surface area (Å²) < 4.78 is 33.9. The molecule has 57 heavy (non-hydrogen) atoms. The van der Waals surface area contributed by atoms with E-state index in [1.165, 1.54) is 13.1 Å². The standard InChI is InChI=1S/C33H54N4O20/c1-12(41)36-14(7-35-19-5-3-4-6-34-19)21(44)29(15(43)8-38)56-31-20(37-13(2)42)24(47)30(17(10-40)54-31)57-33-28(51)26(49)23(46)18(55-33)11-52-32-27(50)25(48)22(45)16(9-39)53-32/h3-6,14-18,20-33,38-40,43-51H,7-11H2,1-2H3,(H,34,35)(H,36,41)(H,37,42)/t14-,15+,16+,17+,18+,20+,21+,22+,23+,24+,25-,26-,27-,28-,29+,30+,31-,32-,33-/m0/s1. The number of amides is 2. The van der Waals surface area contributed by atoms with Crippen molar-refractivity contribution in [2.75, 3.05) is 38.3 Å². The molecule has 15 N–H and O–H groups in total. The van der Waals surface area contributed by atoms with Crippen molar-refractivity contribution in [3.63, 3.8) is 0 Å². The summed E-state index contributed by atoms with van der Waals surface area (Å²) in [5.41, 5.74) is 0. The molecule has 1 aromatic heterocycles. The SMILES string of the molecule is CC(=O)N[C@H]1[C@H](O[C@@H]([C@H](O)[C@H](CNc2ccccn2)NC(C)=O)[C@H](O)CO)O[C@H](CO)[C@@H](O[C@@H]2O[C@H](CO[C@H]3O[C@H](CO)[C@@H](O)[C@H](O)[C@@H]3O)[C@@H](O)[C@H](O)[C@@H]2O)[C@@H]1O. The number of rotatable bonds is 18. The summed E-state index contributed by atoms with van der Waals surface area (Å²) in [7, 11) is 0. The van der Waals surface area contributed by atoms with E-state index in [9.17, 15) is 70.9 Å². The molecule has 0 spiro atoms. The van der Waals surface area contributed by atoms with Crippen LogP contribution in [0, 0.1) is 0 Å². The molecule has 24 nitrogen and oxygen atoms in total. The molecule has 24 heteroatoms. The van der Waals surface area contributed by atoms with Crippen LogP contribution >= 0.6 is 0 Å². The highest BCUT2D eigenvalue weighted by molar-refractivity contribution is 5.73. The molecule has 0 radical (unpaired) electrons. The molecule has 0 aliphatic carbocycles. The molecule has 4 rings (SSSR count). The predicted octanol–water partition coefficient (Wildman–Crippen LogP) is -8.31. The lowest BCUT2D eigenvalue weighted by atomic mass is 9.94. The second kappa shape index (κ2) is 21.4. The summed E-state index contributed by atoms with van der Waals surface area (Å²) in [6.45, 7) is -1.34. The number of nitrogens with zero attached hydrogens (tertiary/aromatic N) is 1. The van der Waals surface area contributed by atoms with E-state index in [0.29, 0.717) is 5.82 Å². The molecule has 3 fully saturated rings. The van der Waals surface area contributed by atoms with Gasteiger partial charge in [0.05, 0.1) is 32.5 Å². The lowest BCUT2D eigenvalue weighted by molar-refractivity contribution is -0.361. The fraction of sp³-hybridized carbons (Fsp3) is 0.788. The third-order valence-corrected chi connectivity index (χ3v) is 9.62. The van der Waals surface area contributed by atoms with Crippen LogP contribution < -0.4 is 16.0 Å². The highest BCUT2D eigenvalue weighted by Crippen LogP contribution is 2.32. The number of carbonyl (C=O) groups is 2. The van der Waals surface area contributed by atoms with Gasteiger partial charge in [0.25, 0.3) is 0 Å². The Kier molecular flexibility index (Phi) is 17.6. The number of ether oxygens (including phenoxy) is 6. The smallest absolute Gasteiger partial charge is 0.217 e. The van der Waals surface area contributed by atoms with Crippen molar-refractivity contribution < 1.29 is 99.3 Å². The van der Waals surface area contributed by atoms with Gasteiger partial charge < -0.3 is 106 Å². The van der Waals surface area contributed by atoms with E-state index < -0.39 is 155 Å². The number of carbonyl (C=O) groups excluding carboxylic acids is 2. The van der Waals surface area contributed by atoms with Gasteiger partial charge in [-0.25, -0.2) is 4.98 Å². The molecule has 19 atom stereocenters. The zero-order valence-electron chi connectivity index (χ0n) is 30.9. The number of aliphatic hydroxyl groups excluding tert-OH is 12. The zero-order chi connectivity index (χ0) is 42.1. The van der Waals surface area contributed by atoms with Crippen LogP contribution in [0.25, 0.3) is 0 Å². The van der Waals surface area contributed by atoms with Crippen LogP contribution in [0.2, 0.25) is 0 Å². The van der Waals surface area contributed by atoms with Crippen molar-refractivity contribution in [3.8, 4) is 0 Å². The largest absolute Gasteiger partial charge is 0.394 e.